The van der Waals surface area contributed by atoms with Crippen molar-refractivity contribution < 1.29 is 5.11 Å². The van der Waals surface area contributed by atoms with E-state index < -0.39 is 0 Å². The fourth-order valence-corrected chi connectivity index (χ4v) is 3.82. The number of unbranched alkanes of at least 4 members (excludes halogenated alkanes) is 13. The van der Waals surface area contributed by atoms with Crippen LogP contribution in [0.5, 0.6) is 0 Å². The lowest BCUT2D eigenvalue weighted by Crippen LogP contribution is -2.32. The lowest BCUT2D eigenvalue weighted by molar-refractivity contribution is 0.176. The first-order valence-corrected chi connectivity index (χ1v) is 11.4. The van der Waals surface area contributed by atoms with Gasteiger partial charge in [0.25, 0.3) is 0 Å². The van der Waals surface area contributed by atoms with Gasteiger partial charge >= 0.3 is 0 Å². The molecule has 1 heterocycles. The standard InChI is InChI=1S/C23H44N2O/c1-2-3-4-5-6-7-8-9-10-11-12-13-14-15-16-17-18-23-24-19-20-25(23)21-22-26/h2-3,19,23,26H,4-18,20-22H2,1H3/b3-2+. The molecule has 0 spiro atoms. The number of hydrogen-bond acceptors (Lipinski definition) is 3. The third kappa shape index (κ3) is 12.6. The van der Waals surface area contributed by atoms with Gasteiger partial charge in [0.2, 0.25) is 0 Å². The maximum atomic E-state index is 9.06. The van der Waals surface area contributed by atoms with Crippen LogP contribution < -0.4 is 0 Å². The van der Waals surface area contributed by atoms with E-state index in [1.807, 2.05) is 6.21 Å². The van der Waals surface area contributed by atoms with E-state index in [0.29, 0.717) is 6.17 Å². The molecule has 0 saturated carbocycles. The zero-order chi connectivity index (χ0) is 18.7. The van der Waals surface area contributed by atoms with Gasteiger partial charge in [-0.3, -0.25) is 9.89 Å². The van der Waals surface area contributed by atoms with Gasteiger partial charge in [0.15, 0.2) is 0 Å². The van der Waals surface area contributed by atoms with E-state index in [9.17, 15) is 0 Å². The molecule has 0 amide bonds. The van der Waals surface area contributed by atoms with Crippen molar-refractivity contribution in [1.82, 2.24) is 4.90 Å². The largest absolute Gasteiger partial charge is 0.395 e. The minimum Gasteiger partial charge on any atom is -0.395 e. The molecule has 0 bridgehead atoms. The maximum Gasteiger partial charge on any atom is 0.102 e. The Bertz CT molecular complexity index is 354. The maximum absolute atomic E-state index is 9.06. The summed E-state index contributed by atoms with van der Waals surface area (Å²) in [5.74, 6) is 0. The van der Waals surface area contributed by atoms with Crippen molar-refractivity contribution in [3.8, 4) is 0 Å². The molecule has 1 aliphatic rings. The van der Waals surface area contributed by atoms with Crippen LogP contribution in [0, 0.1) is 0 Å². The quantitative estimate of drug-likeness (QED) is 0.235. The van der Waals surface area contributed by atoms with Gasteiger partial charge in [0, 0.05) is 19.3 Å². The predicted molar refractivity (Wildman–Crippen MR) is 115 cm³/mol. The topological polar surface area (TPSA) is 35.8 Å². The number of aliphatic imine (C=N–C) groups is 1. The molecule has 0 aliphatic carbocycles. The van der Waals surface area contributed by atoms with Gasteiger partial charge in [-0.1, -0.05) is 82.8 Å². The van der Waals surface area contributed by atoms with Crippen LogP contribution in [-0.4, -0.2) is 42.1 Å². The Morgan fingerprint density at radius 2 is 1.42 bits per heavy atom. The van der Waals surface area contributed by atoms with Crippen LogP contribution in [0.1, 0.15) is 103 Å². The molecule has 0 radical (unpaired) electrons. The zero-order valence-corrected chi connectivity index (χ0v) is 17.4. The molecule has 0 saturated heterocycles. The van der Waals surface area contributed by atoms with E-state index >= 15 is 0 Å². The Morgan fingerprint density at radius 3 is 1.96 bits per heavy atom. The first-order chi connectivity index (χ1) is 12.9. The van der Waals surface area contributed by atoms with Crippen LogP contribution in [0.2, 0.25) is 0 Å². The highest BCUT2D eigenvalue weighted by atomic mass is 16.3. The highest BCUT2D eigenvalue weighted by Gasteiger charge is 2.19. The van der Waals surface area contributed by atoms with Crippen LogP contribution in [0.25, 0.3) is 0 Å². The number of aliphatic hydroxyl groups excluding tert-OH is 1. The van der Waals surface area contributed by atoms with Crippen molar-refractivity contribution in [3.63, 3.8) is 0 Å². The van der Waals surface area contributed by atoms with E-state index in [-0.39, 0.29) is 6.61 Å². The Morgan fingerprint density at radius 1 is 0.885 bits per heavy atom. The molecular formula is C23H44N2O. The average molecular weight is 365 g/mol. The van der Waals surface area contributed by atoms with E-state index in [2.05, 4.69) is 29.0 Å². The highest BCUT2D eigenvalue weighted by Crippen LogP contribution is 2.16. The Balaban J connectivity index is 1.75. The molecular weight excluding hydrogens is 320 g/mol. The number of allylic oxidation sites excluding steroid dienone is 2. The number of nitrogens with zero attached hydrogens (tertiary/aromatic N) is 2. The van der Waals surface area contributed by atoms with E-state index in [1.165, 1.54) is 89.9 Å². The van der Waals surface area contributed by atoms with Gasteiger partial charge in [0.1, 0.15) is 6.17 Å². The minimum atomic E-state index is 0.246. The summed E-state index contributed by atoms with van der Waals surface area (Å²) in [7, 11) is 0. The molecule has 26 heavy (non-hydrogen) atoms. The molecule has 1 aliphatic heterocycles. The summed E-state index contributed by atoms with van der Waals surface area (Å²) in [6, 6.07) is 0. The summed E-state index contributed by atoms with van der Waals surface area (Å²) in [5, 5.41) is 9.06. The second-order valence-electron chi connectivity index (χ2n) is 7.77. The van der Waals surface area contributed by atoms with Crippen LogP contribution >= 0.6 is 0 Å². The van der Waals surface area contributed by atoms with Crippen molar-refractivity contribution in [2.75, 3.05) is 19.7 Å². The van der Waals surface area contributed by atoms with Gasteiger partial charge in [-0.25, -0.2) is 0 Å². The molecule has 1 atom stereocenters. The first-order valence-electron chi connectivity index (χ1n) is 11.4. The molecule has 1 rings (SSSR count). The lowest BCUT2D eigenvalue weighted by atomic mass is 10.0. The summed E-state index contributed by atoms with van der Waals surface area (Å²) in [6.07, 6.45) is 27.4. The third-order valence-electron chi connectivity index (χ3n) is 5.47. The predicted octanol–water partition coefficient (Wildman–Crippen LogP) is 6.12. The Labute approximate surface area is 163 Å². The van der Waals surface area contributed by atoms with Crippen LogP contribution in [-0.2, 0) is 0 Å². The summed E-state index contributed by atoms with van der Waals surface area (Å²) in [4.78, 5) is 6.81. The normalized spacial score (nSPS) is 17.7. The summed E-state index contributed by atoms with van der Waals surface area (Å²) < 4.78 is 0. The monoisotopic (exact) mass is 364 g/mol. The van der Waals surface area contributed by atoms with E-state index in [0.717, 1.165) is 19.5 Å². The Kier molecular flexibility index (Phi) is 15.9. The molecule has 1 N–H and O–H groups in total. The van der Waals surface area contributed by atoms with Crippen molar-refractivity contribution in [1.29, 1.82) is 0 Å². The summed E-state index contributed by atoms with van der Waals surface area (Å²) in [5.41, 5.74) is 0. The smallest absolute Gasteiger partial charge is 0.102 e. The van der Waals surface area contributed by atoms with Crippen molar-refractivity contribution in [3.05, 3.63) is 12.2 Å². The molecule has 3 nitrogen and oxygen atoms in total. The number of β-amino-alcohol motifs (C(OH)–C–C–N with tert-alkyl or cyclic N) is 1. The molecule has 1 unspecified atom stereocenters. The molecule has 152 valence electrons. The van der Waals surface area contributed by atoms with Crippen LogP contribution in [0.15, 0.2) is 17.1 Å². The Hall–Kier alpha value is -0.670. The van der Waals surface area contributed by atoms with Gasteiger partial charge < -0.3 is 5.11 Å². The zero-order valence-electron chi connectivity index (χ0n) is 17.4. The van der Waals surface area contributed by atoms with Gasteiger partial charge in [-0.15, -0.1) is 0 Å². The number of aliphatic hydroxyl groups is 1. The minimum absolute atomic E-state index is 0.246. The second-order valence-corrected chi connectivity index (χ2v) is 7.77. The summed E-state index contributed by atoms with van der Waals surface area (Å²) >= 11 is 0. The van der Waals surface area contributed by atoms with E-state index in [1.54, 1.807) is 0 Å². The molecule has 0 fully saturated rings. The van der Waals surface area contributed by atoms with Crippen molar-refractivity contribution in [2.45, 2.75) is 109 Å². The van der Waals surface area contributed by atoms with Crippen molar-refractivity contribution >= 4 is 6.21 Å². The van der Waals surface area contributed by atoms with Crippen molar-refractivity contribution in [2.24, 2.45) is 4.99 Å². The number of hydrogen-bond donors (Lipinski definition) is 1. The van der Waals surface area contributed by atoms with Crippen LogP contribution in [0.3, 0.4) is 0 Å². The third-order valence-corrected chi connectivity index (χ3v) is 5.47. The first kappa shape index (κ1) is 23.4. The fraction of sp³-hybridized carbons (Fsp3) is 0.870. The van der Waals surface area contributed by atoms with Gasteiger partial charge in [-0.2, -0.15) is 0 Å². The average Bonchev–Trinajstić information content (AvgIpc) is 3.09. The lowest BCUT2D eigenvalue weighted by Gasteiger charge is -2.21. The fourth-order valence-electron chi connectivity index (χ4n) is 3.82. The van der Waals surface area contributed by atoms with Crippen LogP contribution in [0.4, 0.5) is 0 Å². The molecule has 0 aromatic carbocycles. The highest BCUT2D eigenvalue weighted by molar-refractivity contribution is 5.62. The molecule has 0 aromatic rings. The van der Waals surface area contributed by atoms with Gasteiger partial charge in [-0.05, 0) is 32.6 Å². The van der Waals surface area contributed by atoms with Gasteiger partial charge in [0.05, 0.1) is 6.61 Å². The van der Waals surface area contributed by atoms with E-state index in [4.69, 9.17) is 5.11 Å². The second kappa shape index (κ2) is 17.7. The summed E-state index contributed by atoms with van der Waals surface area (Å²) in [6.45, 7) is 4.04. The number of rotatable bonds is 18. The SMILES string of the molecule is C/C=C/CCCCCCCCCCCCCCCC1N=CCN1CCO. The molecule has 3 heteroatoms. The molecule has 0 aromatic heterocycles.